The average molecular weight is 520 g/mol. The summed E-state index contributed by atoms with van der Waals surface area (Å²) in [6.45, 7) is 8.18. The van der Waals surface area contributed by atoms with Crippen molar-refractivity contribution in [3.63, 3.8) is 0 Å². The van der Waals surface area contributed by atoms with Crippen molar-refractivity contribution in [1.82, 2.24) is 19.1 Å². The van der Waals surface area contributed by atoms with Crippen LogP contribution in [0.25, 0.3) is 0 Å². The number of nitrogens with one attached hydrogen (secondary N) is 1. The zero-order chi connectivity index (χ0) is 19.0. The normalized spacial score (nSPS) is 12.2. The van der Waals surface area contributed by atoms with Crippen LogP contribution in [0.5, 0.6) is 0 Å². The highest BCUT2D eigenvalue weighted by atomic mass is 127. The highest BCUT2D eigenvalue weighted by Crippen LogP contribution is 2.14. The lowest BCUT2D eigenvalue weighted by Crippen LogP contribution is -2.39. The molecule has 0 unspecified atom stereocenters. The lowest BCUT2D eigenvalue weighted by molar-refractivity contribution is 0.444. The maximum atomic E-state index is 12.2. The van der Waals surface area contributed by atoms with E-state index in [2.05, 4.69) is 10.3 Å². The molecule has 0 atom stereocenters. The fraction of sp³-hybridized carbons (Fsp3) is 0.688. The van der Waals surface area contributed by atoms with Gasteiger partial charge in [0, 0.05) is 45.6 Å². The molecule has 0 fully saturated rings. The summed E-state index contributed by atoms with van der Waals surface area (Å²) in [6, 6.07) is 1.91. The van der Waals surface area contributed by atoms with Gasteiger partial charge in [0.1, 0.15) is 0 Å². The molecule has 7 nitrogen and oxygen atoms in total. The van der Waals surface area contributed by atoms with Gasteiger partial charge in [0.05, 0.1) is 23.9 Å². The Morgan fingerprint density at radius 2 is 1.92 bits per heavy atom. The van der Waals surface area contributed by atoms with Crippen molar-refractivity contribution in [3.05, 3.63) is 23.0 Å². The quantitative estimate of drug-likeness (QED) is 0.309. The Morgan fingerprint density at radius 1 is 1.31 bits per heavy atom. The van der Waals surface area contributed by atoms with Gasteiger partial charge in [0.2, 0.25) is 10.0 Å². The Hall–Kier alpha value is -0.520. The molecule has 0 saturated heterocycles. The SMILES string of the molecule is CCNC(=NCCS(=O)(=O)N(CC)CC)N(C)Cc1cc(Cl)cn1C.I. The van der Waals surface area contributed by atoms with E-state index in [1.54, 1.807) is 0 Å². The van der Waals surface area contributed by atoms with E-state index in [0.29, 0.717) is 37.2 Å². The second kappa shape index (κ2) is 12.0. The molecule has 0 aliphatic carbocycles. The molecule has 0 aliphatic rings. The van der Waals surface area contributed by atoms with Gasteiger partial charge in [0.15, 0.2) is 5.96 Å². The minimum atomic E-state index is -3.26. The van der Waals surface area contributed by atoms with Crippen LogP contribution in [0, 0.1) is 0 Å². The van der Waals surface area contributed by atoms with Crippen molar-refractivity contribution in [1.29, 1.82) is 0 Å². The molecule has 0 amide bonds. The van der Waals surface area contributed by atoms with Crippen molar-refractivity contribution in [2.24, 2.45) is 12.0 Å². The molecule has 1 N–H and O–H groups in total. The maximum absolute atomic E-state index is 12.2. The number of nitrogens with zero attached hydrogens (tertiary/aromatic N) is 4. The highest BCUT2D eigenvalue weighted by Gasteiger charge is 2.18. The monoisotopic (exact) mass is 519 g/mol. The Balaban J connectivity index is 0.00000625. The predicted octanol–water partition coefficient (Wildman–Crippen LogP) is 2.37. The van der Waals surface area contributed by atoms with Crippen LogP contribution in [0.15, 0.2) is 17.3 Å². The minimum Gasteiger partial charge on any atom is -0.357 e. The standard InChI is InChI=1S/C16H30ClN5O2S.HI/c1-6-18-16(19-9-10-25(23,24)22(7-2)8-3)21(5)13-15-11-14(17)12-20(15)4;/h11-12H,6-10,13H2,1-5H3,(H,18,19);1H. The minimum absolute atomic E-state index is 0. The molecule has 10 heteroatoms. The summed E-state index contributed by atoms with van der Waals surface area (Å²) in [5.41, 5.74) is 1.05. The summed E-state index contributed by atoms with van der Waals surface area (Å²) in [7, 11) is 0.596. The van der Waals surface area contributed by atoms with Gasteiger partial charge in [-0.05, 0) is 13.0 Å². The van der Waals surface area contributed by atoms with E-state index in [9.17, 15) is 8.42 Å². The van der Waals surface area contributed by atoms with Gasteiger partial charge in [-0.25, -0.2) is 12.7 Å². The van der Waals surface area contributed by atoms with Gasteiger partial charge < -0.3 is 14.8 Å². The number of hydrogen-bond donors (Lipinski definition) is 1. The second-order valence-electron chi connectivity index (χ2n) is 5.75. The number of guanidine groups is 1. The third kappa shape index (κ3) is 7.61. The van der Waals surface area contributed by atoms with Crippen molar-refractivity contribution < 1.29 is 8.42 Å². The first-order valence-electron chi connectivity index (χ1n) is 8.53. The molecule has 152 valence electrons. The van der Waals surface area contributed by atoms with Gasteiger partial charge in [-0.2, -0.15) is 0 Å². The lowest BCUT2D eigenvalue weighted by atomic mass is 10.4. The van der Waals surface area contributed by atoms with Gasteiger partial charge in [-0.15, -0.1) is 24.0 Å². The third-order valence-corrected chi connectivity index (χ3v) is 6.09. The topological polar surface area (TPSA) is 69.9 Å². The van der Waals surface area contributed by atoms with Gasteiger partial charge >= 0.3 is 0 Å². The Labute approximate surface area is 179 Å². The third-order valence-electron chi connectivity index (χ3n) is 3.88. The van der Waals surface area contributed by atoms with E-state index >= 15 is 0 Å². The van der Waals surface area contributed by atoms with Crippen molar-refractivity contribution in [2.75, 3.05) is 39.0 Å². The number of sulfonamides is 1. The van der Waals surface area contributed by atoms with E-state index in [1.807, 2.05) is 56.6 Å². The molecule has 1 aromatic heterocycles. The zero-order valence-corrected chi connectivity index (χ0v) is 20.1. The molecular weight excluding hydrogens is 489 g/mol. The number of rotatable bonds is 9. The Kier molecular flexibility index (Phi) is 11.8. The molecule has 0 aliphatic heterocycles. The molecule has 0 spiro atoms. The van der Waals surface area contributed by atoms with Crippen molar-refractivity contribution in [3.8, 4) is 0 Å². The smallest absolute Gasteiger partial charge is 0.215 e. The van der Waals surface area contributed by atoms with Gasteiger partial charge in [-0.1, -0.05) is 25.4 Å². The summed E-state index contributed by atoms with van der Waals surface area (Å²) in [5, 5.41) is 3.89. The highest BCUT2D eigenvalue weighted by molar-refractivity contribution is 14.0. The zero-order valence-electron chi connectivity index (χ0n) is 16.2. The maximum Gasteiger partial charge on any atom is 0.215 e. The van der Waals surface area contributed by atoms with Crippen LogP contribution in [0.3, 0.4) is 0 Å². The number of halogens is 2. The Morgan fingerprint density at radius 3 is 2.38 bits per heavy atom. The van der Waals surface area contributed by atoms with Crippen LogP contribution < -0.4 is 5.32 Å². The molecule has 0 radical (unpaired) electrons. The van der Waals surface area contributed by atoms with Crippen molar-refractivity contribution in [2.45, 2.75) is 27.3 Å². The van der Waals surface area contributed by atoms with Crippen LogP contribution in [0.2, 0.25) is 5.02 Å². The largest absolute Gasteiger partial charge is 0.357 e. The summed E-state index contributed by atoms with van der Waals surface area (Å²) in [6.07, 6.45) is 1.85. The second-order valence-corrected chi connectivity index (χ2v) is 8.28. The first kappa shape index (κ1) is 25.5. The van der Waals surface area contributed by atoms with Gasteiger partial charge in [-0.3, -0.25) is 4.99 Å². The molecule has 0 aromatic carbocycles. The fourth-order valence-electron chi connectivity index (χ4n) is 2.52. The van der Waals surface area contributed by atoms with E-state index in [-0.39, 0.29) is 36.3 Å². The summed E-state index contributed by atoms with van der Waals surface area (Å²) in [5.74, 6) is 0.683. The summed E-state index contributed by atoms with van der Waals surface area (Å²) >= 11 is 6.02. The molecule has 1 heterocycles. The van der Waals surface area contributed by atoms with Crippen LogP contribution in [-0.2, 0) is 23.6 Å². The fourth-order valence-corrected chi connectivity index (χ4v) is 4.16. The van der Waals surface area contributed by atoms with E-state index < -0.39 is 10.0 Å². The predicted molar refractivity (Wildman–Crippen MR) is 120 cm³/mol. The van der Waals surface area contributed by atoms with Crippen LogP contribution in [0.1, 0.15) is 26.5 Å². The summed E-state index contributed by atoms with van der Waals surface area (Å²) in [4.78, 5) is 6.42. The first-order chi connectivity index (χ1) is 11.7. The number of hydrogen-bond acceptors (Lipinski definition) is 3. The molecule has 0 saturated carbocycles. The average Bonchev–Trinajstić information content (AvgIpc) is 2.84. The van der Waals surface area contributed by atoms with Crippen LogP contribution in [-0.4, -0.2) is 67.1 Å². The lowest BCUT2D eigenvalue weighted by Gasteiger charge is -2.23. The molecule has 26 heavy (non-hydrogen) atoms. The Bertz CT molecular complexity index is 674. The molecule has 1 rings (SSSR count). The number of aromatic nitrogens is 1. The summed E-state index contributed by atoms with van der Waals surface area (Å²) < 4.78 is 27.9. The van der Waals surface area contributed by atoms with E-state index in [0.717, 1.165) is 5.69 Å². The van der Waals surface area contributed by atoms with E-state index in [1.165, 1.54) is 4.31 Å². The van der Waals surface area contributed by atoms with E-state index in [4.69, 9.17) is 11.6 Å². The number of aliphatic imine (C=N–C) groups is 1. The van der Waals surface area contributed by atoms with Crippen molar-refractivity contribution >= 4 is 51.6 Å². The van der Waals surface area contributed by atoms with Gasteiger partial charge in [0.25, 0.3) is 0 Å². The molecular formula is C16H31ClIN5O2S. The number of aryl methyl sites for hydroxylation is 1. The molecule has 0 bridgehead atoms. The van der Waals surface area contributed by atoms with Crippen LogP contribution in [0.4, 0.5) is 0 Å². The molecule has 1 aromatic rings. The van der Waals surface area contributed by atoms with Crippen LogP contribution >= 0.6 is 35.6 Å². The first-order valence-corrected chi connectivity index (χ1v) is 10.5.